The van der Waals surface area contributed by atoms with Crippen LogP contribution in [0.3, 0.4) is 0 Å². The van der Waals surface area contributed by atoms with E-state index in [1.54, 1.807) is 0 Å². The number of rotatable bonds is 4. The van der Waals surface area contributed by atoms with Crippen molar-refractivity contribution in [2.45, 2.75) is 58.8 Å². The third-order valence-electron chi connectivity index (χ3n) is 3.94. The number of hydrogen-bond acceptors (Lipinski definition) is 2. The smallest absolute Gasteiger partial charge is 0.0555 e. The van der Waals surface area contributed by atoms with Crippen molar-refractivity contribution in [2.24, 2.45) is 0 Å². The molecule has 2 nitrogen and oxygen atoms in total. The van der Waals surface area contributed by atoms with E-state index in [0.717, 1.165) is 30.7 Å². The van der Waals surface area contributed by atoms with E-state index in [1.165, 1.54) is 16.8 Å². The predicted molar refractivity (Wildman–Crippen MR) is 87.9 cm³/mol. The number of hydrogen-bond donors (Lipinski definition) is 2. The van der Waals surface area contributed by atoms with Crippen LogP contribution in [-0.4, -0.2) is 5.71 Å². The van der Waals surface area contributed by atoms with Crippen LogP contribution >= 0.6 is 0 Å². The Balaban J connectivity index is 2.42. The Morgan fingerprint density at radius 2 is 1.65 bits per heavy atom. The van der Waals surface area contributed by atoms with Crippen LogP contribution in [0.2, 0.25) is 0 Å². The van der Waals surface area contributed by atoms with Gasteiger partial charge >= 0.3 is 0 Å². The Morgan fingerprint density at radius 3 is 2.15 bits per heavy atom. The fraction of sp³-hybridized carbons (Fsp3) is 0.500. The molecule has 20 heavy (non-hydrogen) atoms. The van der Waals surface area contributed by atoms with Crippen molar-refractivity contribution in [1.29, 1.82) is 5.41 Å². The number of nitrogens with one attached hydrogen (secondary N) is 2. The maximum absolute atomic E-state index is 8.12. The summed E-state index contributed by atoms with van der Waals surface area (Å²) in [4.78, 5) is 0. The van der Waals surface area contributed by atoms with E-state index in [0.29, 0.717) is 11.8 Å². The average Bonchev–Trinajstić information content (AvgIpc) is 2.41. The van der Waals surface area contributed by atoms with Gasteiger partial charge in [-0.05, 0) is 42.2 Å². The van der Waals surface area contributed by atoms with Gasteiger partial charge in [0.25, 0.3) is 0 Å². The van der Waals surface area contributed by atoms with Crippen LogP contribution in [0.15, 0.2) is 30.0 Å². The normalized spacial score (nSPS) is 15.7. The Labute approximate surface area is 122 Å². The molecule has 0 atom stereocenters. The molecule has 0 spiro atoms. The maximum Gasteiger partial charge on any atom is 0.0555 e. The summed E-state index contributed by atoms with van der Waals surface area (Å²) in [5.41, 5.74) is 5.65. The second kappa shape index (κ2) is 6.25. The summed E-state index contributed by atoms with van der Waals surface area (Å²) in [6.45, 7) is 8.91. The molecule has 0 fully saturated rings. The van der Waals surface area contributed by atoms with Crippen LogP contribution in [0.5, 0.6) is 0 Å². The largest absolute Gasteiger partial charge is 0.354 e. The average molecular weight is 270 g/mol. The number of benzene rings is 1. The van der Waals surface area contributed by atoms with Crippen molar-refractivity contribution >= 4 is 11.4 Å². The zero-order valence-corrected chi connectivity index (χ0v) is 13.1. The van der Waals surface area contributed by atoms with Gasteiger partial charge in [0.1, 0.15) is 0 Å². The summed E-state index contributed by atoms with van der Waals surface area (Å²) in [6, 6.07) is 6.55. The van der Waals surface area contributed by atoms with Gasteiger partial charge in [-0.3, -0.25) is 0 Å². The lowest BCUT2D eigenvalue weighted by atomic mass is 9.92. The van der Waals surface area contributed by atoms with Gasteiger partial charge in [-0.15, -0.1) is 0 Å². The first kappa shape index (κ1) is 14.8. The predicted octanol–water partition coefficient (Wildman–Crippen LogP) is 5.43. The molecule has 1 aliphatic carbocycles. The summed E-state index contributed by atoms with van der Waals surface area (Å²) in [5, 5.41) is 11.7. The molecule has 1 aromatic carbocycles. The number of allylic oxidation sites excluding steroid dienone is 2. The van der Waals surface area contributed by atoms with E-state index < -0.39 is 0 Å². The Hall–Kier alpha value is -1.57. The van der Waals surface area contributed by atoms with E-state index in [9.17, 15) is 0 Å². The molecule has 0 aliphatic heterocycles. The van der Waals surface area contributed by atoms with E-state index >= 15 is 0 Å². The second-order valence-electron chi connectivity index (χ2n) is 6.23. The van der Waals surface area contributed by atoms with E-state index in [1.807, 2.05) is 0 Å². The molecular weight excluding hydrogens is 244 g/mol. The molecule has 0 saturated carbocycles. The topological polar surface area (TPSA) is 35.9 Å². The molecule has 0 saturated heterocycles. The van der Waals surface area contributed by atoms with E-state index in [2.05, 4.69) is 57.3 Å². The first-order valence-corrected chi connectivity index (χ1v) is 7.68. The highest BCUT2D eigenvalue weighted by atomic mass is 14.9. The third kappa shape index (κ3) is 3.12. The van der Waals surface area contributed by atoms with Crippen molar-refractivity contribution in [2.75, 3.05) is 5.32 Å². The lowest BCUT2D eigenvalue weighted by Crippen LogP contribution is -2.16. The number of para-hydroxylation sites is 1. The van der Waals surface area contributed by atoms with Crippen LogP contribution < -0.4 is 5.32 Å². The maximum atomic E-state index is 8.12. The molecule has 0 bridgehead atoms. The minimum Gasteiger partial charge on any atom is -0.354 e. The van der Waals surface area contributed by atoms with Gasteiger partial charge in [0.2, 0.25) is 0 Å². The van der Waals surface area contributed by atoms with Crippen LogP contribution in [-0.2, 0) is 0 Å². The molecule has 2 heteroatoms. The van der Waals surface area contributed by atoms with Gasteiger partial charge in [-0.25, -0.2) is 0 Å². The van der Waals surface area contributed by atoms with Crippen LogP contribution in [0.4, 0.5) is 5.69 Å². The van der Waals surface area contributed by atoms with Gasteiger partial charge in [0.05, 0.1) is 11.4 Å². The summed E-state index contributed by atoms with van der Waals surface area (Å²) in [6.07, 6.45) is 5.24. The Bertz CT molecular complexity index is 498. The Kier molecular flexibility index (Phi) is 4.64. The fourth-order valence-corrected chi connectivity index (χ4v) is 2.74. The van der Waals surface area contributed by atoms with Gasteiger partial charge in [0.15, 0.2) is 0 Å². The molecular formula is C18H26N2. The molecule has 0 aromatic heterocycles. The second-order valence-corrected chi connectivity index (χ2v) is 6.23. The van der Waals surface area contributed by atoms with E-state index in [-0.39, 0.29) is 0 Å². The molecule has 2 rings (SSSR count). The van der Waals surface area contributed by atoms with Crippen molar-refractivity contribution in [3.8, 4) is 0 Å². The highest BCUT2D eigenvalue weighted by Gasteiger charge is 2.17. The molecule has 0 heterocycles. The van der Waals surface area contributed by atoms with Gasteiger partial charge in [-0.2, -0.15) is 0 Å². The summed E-state index contributed by atoms with van der Waals surface area (Å²) < 4.78 is 0. The minimum absolute atomic E-state index is 0.481. The third-order valence-corrected chi connectivity index (χ3v) is 3.94. The minimum atomic E-state index is 0.481. The van der Waals surface area contributed by atoms with Crippen LogP contribution in [0.25, 0.3) is 0 Å². The lowest BCUT2D eigenvalue weighted by Gasteiger charge is -2.24. The lowest BCUT2D eigenvalue weighted by molar-refractivity contribution is 0.833. The highest BCUT2D eigenvalue weighted by molar-refractivity contribution is 6.01. The van der Waals surface area contributed by atoms with Crippen molar-refractivity contribution < 1.29 is 0 Å². The van der Waals surface area contributed by atoms with Crippen molar-refractivity contribution in [3.05, 3.63) is 41.1 Å². The Morgan fingerprint density at radius 1 is 1.05 bits per heavy atom. The van der Waals surface area contributed by atoms with Crippen LogP contribution in [0, 0.1) is 5.41 Å². The highest BCUT2D eigenvalue weighted by Crippen LogP contribution is 2.34. The van der Waals surface area contributed by atoms with Crippen molar-refractivity contribution in [3.63, 3.8) is 0 Å². The van der Waals surface area contributed by atoms with Crippen LogP contribution in [0.1, 0.15) is 69.9 Å². The first-order chi connectivity index (χ1) is 9.50. The summed E-state index contributed by atoms with van der Waals surface area (Å²) in [7, 11) is 0. The SMILES string of the molecule is CC(C)c1cccc(C(C)C)c1NC1=CCCCC1=N. The molecule has 1 aliphatic rings. The molecule has 0 amide bonds. The molecule has 108 valence electrons. The fourth-order valence-electron chi connectivity index (χ4n) is 2.74. The van der Waals surface area contributed by atoms with E-state index in [4.69, 9.17) is 5.41 Å². The zero-order chi connectivity index (χ0) is 14.7. The summed E-state index contributed by atoms with van der Waals surface area (Å²) >= 11 is 0. The van der Waals surface area contributed by atoms with Gasteiger partial charge in [0, 0.05) is 5.69 Å². The molecule has 0 unspecified atom stereocenters. The summed E-state index contributed by atoms with van der Waals surface area (Å²) in [5.74, 6) is 0.962. The quantitative estimate of drug-likeness (QED) is 0.751. The monoisotopic (exact) mass is 270 g/mol. The molecule has 0 radical (unpaired) electrons. The molecule has 2 N–H and O–H groups in total. The zero-order valence-electron chi connectivity index (χ0n) is 13.1. The molecule has 1 aromatic rings. The van der Waals surface area contributed by atoms with Gasteiger partial charge < -0.3 is 10.7 Å². The number of anilines is 1. The first-order valence-electron chi connectivity index (χ1n) is 7.68. The standard InChI is InChI=1S/C18H26N2/c1-12(2)14-8-7-9-15(13(3)4)18(14)20-17-11-6-5-10-16(17)19/h7-9,11-13,19-20H,5-6,10H2,1-4H3. The van der Waals surface area contributed by atoms with Gasteiger partial charge in [-0.1, -0.05) is 52.0 Å². The van der Waals surface area contributed by atoms with Crippen molar-refractivity contribution in [1.82, 2.24) is 0 Å².